The number of hydrogen-bond donors (Lipinski definition) is 2. The highest BCUT2D eigenvalue weighted by Gasteiger charge is 2.51. The second-order valence-corrected chi connectivity index (χ2v) is 18.5. The molecule has 0 fully saturated rings. The summed E-state index contributed by atoms with van der Waals surface area (Å²) in [7, 11) is -2.97. The fourth-order valence-electron chi connectivity index (χ4n) is 4.81. The molecule has 2 aromatic carbocycles. The third-order valence-corrected chi connectivity index (χ3v) is 12.3. The Bertz CT molecular complexity index is 1240. The second-order valence-electron chi connectivity index (χ2n) is 13.2. The predicted molar refractivity (Wildman–Crippen MR) is 171 cm³/mol. The van der Waals surface area contributed by atoms with Gasteiger partial charge in [-0.15, -0.1) is 11.3 Å². The molecular formula is C32H45N3O5SSi. The average molecular weight is 612 g/mol. The van der Waals surface area contributed by atoms with Gasteiger partial charge < -0.3 is 24.5 Å². The van der Waals surface area contributed by atoms with Gasteiger partial charge in [-0.05, 0) is 57.0 Å². The highest BCUT2D eigenvalue weighted by molar-refractivity contribution is 7.09. The first-order chi connectivity index (χ1) is 19.5. The Morgan fingerprint density at radius 2 is 1.26 bits per heavy atom. The van der Waals surface area contributed by atoms with Crippen LogP contribution in [0.5, 0.6) is 0 Å². The molecule has 2 amide bonds. The zero-order valence-electron chi connectivity index (χ0n) is 26.2. The number of benzene rings is 2. The fraction of sp³-hybridized carbons (Fsp3) is 0.469. The highest BCUT2D eigenvalue weighted by Crippen LogP contribution is 2.37. The van der Waals surface area contributed by atoms with Crippen LogP contribution in [0.25, 0.3) is 0 Å². The summed E-state index contributed by atoms with van der Waals surface area (Å²) in [6.45, 7) is 17.4. The number of carbonyl (C=O) groups is 2. The maximum atomic E-state index is 13.2. The number of nitrogens with one attached hydrogen (secondary N) is 2. The summed E-state index contributed by atoms with van der Waals surface area (Å²) in [6.07, 6.45) is 0.423. The van der Waals surface area contributed by atoms with Crippen LogP contribution < -0.4 is 21.0 Å². The molecule has 1 aromatic heterocycles. The Kier molecular flexibility index (Phi) is 10.6. The van der Waals surface area contributed by atoms with E-state index in [0.717, 1.165) is 10.4 Å². The third kappa shape index (κ3) is 8.89. The van der Waals surface area contributed by atoms with Crippen LogP contribution in [-0.2, 0) is 13.9 Å². The summed E-state index contributed by atoms with van der Waals surface area (Å²) in [5, 5.41) is 10.3. The minimum atomic E-state index is -2.97. The summed E-state index contributed by atoms with van der Waals surface area (Å²) >= 11 is 1.37. The van der Waals surface area contributed by atoms with E-state index in [1.165, 1.54) is 11.3 Å². The average Bonchev–Trinajstić information content (AvgIpc) is 3.40. The molecular weight excluding hydrogens is 567 g/mol. The molecule has 8 nitrogen and oxygen atoms in total. The van der Waals surface area contributed by atoms with Crippen LogP contribution in [0.3, 0.4) is 0 Å². The van der Waals surface area contributed by atoms with Gasteiger partial charge in [0, 0.05) is 11.6 Å². The van der Waals surface area contributed by atoms with Gasteiger partial charge in [-0.3, -0.25) is 0 Å². The molecule has 228 valence electrons. The SMILES string of the molecule is CC(C)(C)OC(=O)N[C@@H](CO[Si](c1ccccc1)(c1ccccc1)C(C)(C)C)[C@H](NC(=O)OC(C)(C)C)c1nccs1. The van der Waals surface area contributed by atoms with E-state index >= 15 is 0 Å². The molecule has 0 unspecified atom stereocenters. The van der Waals surface area contributed by atoms with Crippen molar-refractivity contribution in [2.24, 2.45) is 0 Å². The zero-order chi connectivity index (χ0) is 31.2. The molecule has 2 N–H and O–H groups in total. The van der Waals surface area contributed by atoms with E-state index in [2.05, 4.69) is 60.7 Å². The zero-order valence-corrected chi connectivity index (χ0v) is 28.0. The maximum Gasteiger partial charge on any atom is 0.408 e. The van der Waals surface area contributed by atoms with Crippen molar-refractivity contribution in [3.63, 3.8) is 0 Å². The number of ether oxygens (including phenoxy) is 2. The Labute approximate surface area is 255 Å². The molecule has 0 radical (unpaired) electrons. The molecule has 42 heavy (non-hydrogen) atoms. The summed E-state index contributed by atoms with van der Waals surface area (Å²) in [6, 6.07) is 19.0. The van der Waals surface area contributed by atoms with Gasteiger partial charge in [-0.2, -0.15) is 0 Å². The number of carbonyl (C=O) groups excluding carboxylic acids is 2. The van der Waals surface area contributed by atoms with Crippen molar-refractivity contribution in [3.05, 3.63) is 77.2 Å². The summed E-state index contributed by atoms with van der Waals surface area (Å²) in [4.78, 5) is 30.7. The van der Waals surface area contributed by atoms with Crippen LogP contribution in [0.4, 0.5) is 9.59 Å². The third-order valence-electron chi connectivity index (χ3n) is 6.39. The number of rotatable bonds is 9. The fourth-order valence-corrected chi connectivity index (χ4v) is 10.2. The minimum absolute atomic E-state index is 0.0760. The summed E-state index contributed by atoms with van der Waals surface area (Å²) in [5.41, 5.74) is -1.43. The molecule has 0 saturated carbocycles. The molecule has 2 atom stereocenters. The molecule has 0 aliphatic heterocycles. The Balaban J connectivity index is 2.10. The van der Waals surface area contributed by atoms with Crippen LogP contribution in [0, 0.1) is 0 Å². The quantitative estimate of drug-likeness (QED) is 0.281. The molecule has 1 heterocycles. The van der Waals surface area contributed by atoms with Crippen molar-refractivity contribution in [2.75, 3.05) is 6.61 Å². The number of aromatic nitrogens is 1. The van der Waals surface area contributed by atoms with Crippen molar-refractivity contribution in [3.8, 4) is 0 Å². The first-order valence-corrected chi connectivity index (χ1v) is 16.9. The van der Waals surface area contributed by atoms with Crippen LogP contribution in [-0.4, -0.2) is 49.3 Å². The standard InChI is InChI=1S/C32H45N3O5SSi/c1-30(2,3)39-28(36)34-25(26(27-33-20-21-41-27)35-29(37)40-31(4,5)6)22-38-42(32(7,8)9,23-16-12-10-13-17-23)24-18-14-11-15-19-24/h10-21,25-26H,22H2,1-9H3,(H,34,36)(H,35,37)/t25-,26-/m0/s1. The molecule has 10 heteroatoms. The van der Waals surface area contributed by atoms with E-state index in [4.69, 9.17) is 13.9 Å². The summed E-state index contributed by atoms with van der Waals surface area (Å²) in [5.74, 6) is 0. The molecule has 0 saturated heterocycles. The number of thiazole rings is 1. The lowest BCUT2D eigenvalue weighted by Crippen LogP contribution is -2.67. The summed E-state index contributed by atoms with van der Waals surface area (Å²) < 4.78 is 18.4. The number of nitrogens with zero attached hydrogens (tertiary/aromatic N) is 1. The van der Waals surface area contributed by atoms with Gasteiger partial charge in [0.1, 0.15) is 22.3 Å². The van der Waals surface area contributed by atoms with Crippen molar-refractivity contribution in [1.82, 2.24) is 15.6 Å². The topological polar surface area (TPSA) is 98.8 Å². The van der Waals surface area contributed by atoms with Crippen LogP contribution in [0.1, 0.15) is 73.4 Å². The lowest BCUT2D eigenvalue weighted by Gasteiger charge is -2.44. The monoisotopic (exact) mass is 611 g/mol. The van der Waals surface area contributed by atoms with Gasteiger partial charge in [0.2, 0.25) is 0 Å². The van der Waals surface area contributed by atoms with Gasteiger partial charge in [-0.1, -0.05) is 81.4 Å². The van der Waals surface area contributed by atoms with Crippen LogP contribution >= 0.6 is 11.3 Å². The van der Waals surface area contributed by atoms with E-state index in [0.29, 0.717) is 5.01 Å². The first kappa shape index (κ1) is 33.3. The van der Waals surface area contributed by atoms with E-state index in [1.54, 1.807) is 47.7 Å². The Morgan fingerprint density at radius 1 is 0.786 bits per heavy atom. The van der Waals surface area contributed by atoms with Crippen molar-refractivity contribution >= 4 is 42.2 Å². The van der Waals surface area contributed by atoms with Gasteiger partial charge in [0.15, 0.2) is 0 Å². The van der Waals surface area contributed by atoms with Gasteiger partial charge in [0.05, 0.1) is 12.6 Å². The number of hydrogen-bond acceptors (Lipinski definition) is 7. The van der Waals surface area contributed by atoms with Gasteiger partial charge in [-0.25, -0.2) is 14.6 Å². The second kappa shape index (κ2) is 13.4. The number of amides is 2. The van der Waals surface area contributed by atoms with Crippen molar-refractivity contribution in [2.45, 2.75) is 90.6 Å². The maximum absolute atomic E-state index is 13.2. The predicted octanol–water partition coefficient (Wildman–Crippen LogP) is 6.18. The van der Waals surface area contributed by atoms with Crippen molar-refractivity contribution < 1.29 is 23.5 Å². The van der Waals surface area contributed by atoms with E-state index in [9.17, 15) is 9.59 Å². The van der Waals surface area contributed by atoms with E-state index in [-0.39, 0.29) is 11.6 Å². The first-order valence-electron chi connectivity index (χ1n) is 14.2. The van der Waals surface area contributed by atoms with E-state index < -0.39 is 43.8 Å². The minimum Gasteiger partial charge on any atom is -0.444 e. The molecule has 0 aliphatic carbocycles. The van der Waals surface area contributed by atoms with Crippen LogP contribution in [0.15, 0.2) is 72.2 Å². The van der Waals surface area contributed by atoms with Gasteiger partial charge in [0.25, 0.3) is 8.32 Å². The molecule has 0 spiro atoms. The molecule has 0 bridgehead atoms. The lowest BCUT2D eigenvalue weighted by atomic mass is 10.1. The molecule has 0 aliphatic rings. The molecule has 3 aromatic rings. The normalized spacial score (nSPS) is 14.0. The molecule has 3 rings (SSSR count). The Morgan fingerprint density at radius 3 is 1.67 bits per heavy atom. The Hall–Kier alpha value is -3.21. The number of alkyl carbamates (subject to hydrolysis) is 2. The lowest BCUT2D eigenvalue weighted by molar-refractivity contribution is 0.0403. The van der Waals surface area contributed by atoms with E-state index in [1.807, 2.05) is 41.8 Å². The van der Waals surface area contributed by atoms with Gasteiger partial charge >= 0.3 is 12.2 Å². The van der Waals surface area contributed by atoms with Crippen LogP contribution in [0.2, 0.25) is 5.04 Å². The smallest absolute Gasteiger partial charge is 0.408 e. The van der Waals surface area contributed by atoms with Crippen molar-refractivity contribution in [1.29, 1.82) is 0 Å². The highest BCUT2D eigenvalue weighted by atomic mass is 32.1. The largest absolute Gasteiger partial charge is 0.444 e.